The van der Waals surface area contributed by atoms with Crippen molar-refractivity contribution in [2.24, 2.45) is 0 Å². The zero-order valence-electron chi connectivity index (χ0n) is 8.39. The summed E-state index contributed by atoms with van der Waals surface area (Å²) in [5.74, 6) is 0.0425. The minimum atomic E-state index is -0.389. The minimum Gasteiger partial charge on any atom is -0.305 e. The van der Waals surface area contributed by atoms with Gasteiger partial charge in [-0.3, -0.25) is 4.79 Å². The summed E-state index contributed by atoms with van der Waals surface area (Å²) in [6.45, 7) is 0. The summed E-state index contributed by atoms with van der Waals surface area (Å²) in [6, 6.07) is 5.20. The van der Waals surface area contributed by atoms with Gasteiger partial charge in [-0.25, -0.2) is 15.0 Å². The van der Waals surface area contributed by atoms with Gasteiger partial charge in [0.25, 0.3) is 5.91 Å². The van der Waals surface area contributed by atoms with Gasteiger partial charge in [0.2, 0.25) is 0 Å². The summed E-state index contributed by atoms with van der Waals surface area (Å²) in [5, 5.41) is 2.83. The van der Waals surface area contributed by atoms with Gasteiger partial charge in [0.15, 0.2) is 0 Å². The predicted molar refractivity (Wildman–Crippen MR) is 66.9 cm³/mol. The Morgan fingerprint density at radius 3 is 2.76 bits per heavy atom. The Morgan fingerprint density at radius 1 is 1.29 bits per heavy atom. The van der Waals surface area contributed by atoms with Crippen LogP contribution in [-0.2, 0) is 0 Å². The smallest absolute Gasteiger partial charge is 0.277 e. The van der Waals surface area contributed by atoms with Crippen molar-refractivity contribution in [1.29, 1.82) is 0 Å². The third-order valence-corrected chi connectivity index (χ3v) is 2.45. The van der Waals surface area contributed by atoms with Gasteiger partial charge in [-0.15, -0.1) is 0 Å². The monoisotopic (exact) mass is 312 g/mol. The topological polar surface area (TPSA) is 67.8 Å². The Hall–Kier alpha value is -1.53. The lowest BCUT2D eigenvalue weighted by Crippen LogP contribution is -2.14. The molecule has 2 heterocycles. The van der Waals surface area contributed by atoms with Gasteiger partial charge < -0.3 is 5.32 Å². The molecule has 17 heavy (non-hydrogen) atoms. The van der Waals surface area contributed by atoms with Gasteiger partial charge in [0.1, 0.15) is 21.3 Å². The molecule has 0 spiro atoms. The van der Waals surface area contributed by atoms with Crippen LogP contribution in [0.15, 0.2) is 35.2 Å². The van der Waals surface area contributed by atoms with E-state index in [0.29, 0.717) is 10.4 Å². The highest BCUT2D eigenvalue weighted by Crippen LogP contribution is 2.11. The third kappa shape index (κ3) is 3.21. The van der Waals surface area contributed by atoms with E-state index in [0.717, 1.165) is 0 Å². The quantitative estimate of drug-likeness (QED) is 0.865. The normalized spacial score (nSPS) is 10.0. The Bertz CT molecular complexity index is 546. The molecule has 0 aliphatic heterocycles. The number of nitrogens with zero attached hydrogens (tertiary/aromatic N) is 3. The molecule has 0 radical (unpaired) electrons. The van der Waals surface area contributed by atoms with Gasteiger partial charge in [-0.2, -0.15) is 0 Å². The second-order valence-electron chi connectivity index (χ2n) is 3.02. The molecule has 1 amide bonds. The number of hydrogen-bond donors (Lipinski definition) is 1. The first-order valence-electron chi connectivity index (χ1n) is 4.56. The Kier molecular flexibility index (Phi) is 3.65. The Morgan fingerprint density at radius 2 is 2.12 bits per heavy atom. The van der Waals surface area contributed by atoms with Crippen LogP contribution in [0.3, 0.4) is 0 Å². The zero-order valence-corrected chi connectivity index (χ0v) is 10.7. The summed E-state index contributed by atoms with van der Waals surface area (Å²) in [5.41, 5.74) is 0.177. The Balaban J connectivity index is 2.14. The van der Waals surface area contributed by atoms with Crippen LogP contribution in [0.5, 0.6) is 0 Å². The summed E-state index contributed by atoms with van der Waals surface area (Å²) >= 11 is 8.78. The summed E-state index contributed by atoms with van der Waals surface area (Å²) in [6.07, 6.45) is 2.61. The highest BCUT2D eigenvalue weighted by molar-refractivity contribution is 9.10. The van der Waals surface area contributed by atoms with Crippen LogP contribution in [0, 0.1) is 0 Å². The molecule has 0 saturated heterocycles. The molecular formula is C10H6BrClN4O. The molecule has 0 bridgehead atoms. The molecule has 86 valence electrons. The van der Waals surface area contributed by atoms with Crippen LogP contribution < -0.4 is 5.32 Å². The van der Waals surface area contributed by atoms with E-state index in [1.165, 1.54) is 12.4 Å². The summed E-state index contributed by atoms with van der Waals surface area (Å²) < 4.78 is 0.637. The number of aromatic nitrogens is 3. The van der Waals surface area contributed by atoms with Gasteiger partial charge in [-0.1, -0.05) is 17.7 Å². The first-order chi connectivity index (χ1) is 8.15. The standard InChI is InChI=1S/C10H6BrClN4O/c11-7-2-1-3-9(15-7)16-10(17)6-4-14-8(12)5-13-6/h1-5H,(H,15,16,17). The van der Waals surface area contributed by atoms with Crippen LogP contribution in [0.4, 0.5) is 5.82 Å². The van der Waals surface area contributed by atoms with Crippen molar-refractivity contribution in [3.8, 4) is 0 Å². The third-order valence-electron chi connectivity index (χ3n) is 1.81. The highest BCUT2D eigenvalue weighted by atomic mass is 79.9. The predicted octanol–water partition coefficient (Wildman–Crippen LogP) is 2.54. The van der Waals surface area contributed by atoms with E-state index in [2.05, 4.69) is 36.2 Å². The van der Waals surface area contributed by atoms with Crippen molar-refractivity contribution in [3.05, 3.63) is 46.0 Å². The van der Waals surface area contributed by atoms with Crippen molar-refractivity contribution in [3.63, 3.8) is 0 Å². The molecule has 2 aromatic heterocycles. The number of hydrogen-bond acceptors (Lipinski definition) is 4. The first kappa shape index (κ1) is 11.9. The van der Waals surface area contributed by atoms with E-state index in [4.69, 9.17) is 11.6 Å². The number of nitrogens with one attached hydrogen (secondary N) is 1. The number of carbonyl (C=O) groups excluding carboxylic acids is 1. The fraction of sp³-hybridized carbons (Fsp3) is 0. The van der Waals surface area contributed by atoms with Gasteiger partial charge in [-0.05, 0) is 28.1 Å². The van der Waals surface area contributed by atoms with Crippen LogP contribution in [0.2, 0.25) is 5.15 Å². The van der Waals surface area contributed by atoms with E-state index in [1.54, 1.807) is 18.2 Å². The average molecular weight is 314 g/mol. The van der Waals surface area contributed by atoms with Crippen molar-refractivity contribution >= 4 is 39.3 Å². The fourth-order valence-corrected chi connectivity index (χ4v) is 1.53. The molecule has 0 atom stereocenters. The molecule has 0 fully saturated rings. The Labute approximate surface area is 110 Å². The summed E-state index contributed by atoms with van der Waals surface area (Å²) in [7, 11) is 0. The van der Waals surface area contributed by atoms with Crippen molar-refractivity contribution in [2.75, 3.05) is 5.32 Å². The lowest BCUT2D eigenvalue weighted by Gasteiger charge is -2.03. The van der Waals surface area contributed by atoms with Gasteiger partial charge >= 0.3 is 0 Å². The molecule has 0 aliphatic carbocycles. The molecule has 0 aliphatic rings. The number of pyridine rings is 1. The lowest BCUT2D eigenvalue weighted by atomic mass is 10.4. The van der Waals surface area contributed by atoms with E-state index in [-0.39, 0.29) is 16.8 Å². The molecule has 0 unspecified atom stereocenters. The second kappa shape index (κ2) is 5.20. The van der Waals surface area contributed by atoms with Gasteiger partial charge in [0.05, 0.1) is 12.4 Å². The number of halogens is 2. The molecule has 0 saturated carbocycles. The maximum absolute atomic E-state index is 11.7. The second-order valence-corrected chi connectivity index (χ2v) is 4.22. The SMILES string of the molecule is O=C(Nc1cccc(Br)n1)c1cnc(Cl)cn1. The van der Waals surface area contributed by atoms with E-state index >= 15 is 0 Å². The van der Waals surface area contributed by atoms with E-state index in [9.17, 15) is 4.79 Å². The minimum absolute atomic E-state index is 0.177. The molecular weight excluding hydrogens is 307 g/mol. The lowest BCUT2D eigenvalue weighted by molar-refractivity contribution is 0.102. The van der Waals surface area contributed by atoms with E-state index in [1.807, 2.05) is 0 Å². The molecule has 5 nitrogen and oxygen atoms in total. The maximum Gasteiger partial charge on any atom is 0.277 e. The number of anilines is 1. The number of amides is 1. The summed E-state index contributed by atoms with van der Waals surface area (Å²) in [4.78, 5) is 23.4. The maximum atomic E-state index is 11.7. The van der Waals surface area contributed by atoms with Crippen LogP contribution in [0.1, 0.15) is 10.5 Å². The molecule has 0 aromatic carbocycles. The van der Waals surface area contributed by atoms with Crippen LogP contribution in [0.25, 0.3) is 0 Å². The van der Waals surface area contributed by atoms with Crippen molar-refractivity contribution in [2.45, 2.75) is 0 Å². The van der Waals surface area contributed by atoms with Crippen molar-refractivity contribution in [1.82, 2.24) is 15.0 Å². The molecule has 7 heteroatoms. The largest absolute Gasteiger partial charge is 0.305 e. The average Bonchev–Trinajstić information content (AvgIpc) is 2.29. The number of rotatable bonds is 2. The highest BCUT2D eigenvalue weighted by Gasteiger charge is 2.08. The van der Waals surface area contributed by atoms with Crippen LogP contribution >= 0.6 is 27.5 Å². The first-order valence-corrected chi connectivity index (χ1v) is 5.74. The van der Waals surface area contributed by atoms with Crippen molar-refractivity contribution < 1.29 is 4.79 Å². The van der Waals surface area contributed by atoms with E-state index < -0.39 is 0 Å². The molecule has 1 N–H and O–H groups in total. The van der Waals surface area contributed by atoms with Gasteiger partial charge in [0, 0.05) is 0 Å². The van der Waals surface area contributed by atoms with Crippen LogP contribution in [-0.4, -0.2) is 20.9 Å². The molecule has 2 rings (SSSR count). The molecule has 2 aromatic rings. The fourth-order valence-electron chi connectivity index (χ4n) is 1.09. The zero-order chi connectivity index (χ0) is 12.3. The number of carbonyl (C=O) groups is 1.